The first-order chi connectivity index (χ1) is 9.49. The minimum absolute atomic E-state index is 0.106. The molecule has 3 N–H and O–H groups in total. The first kappa shape index (κ1) is 14.4. The van der Waals surface area contributed by atoms with E-state index in [1.165, 1.54) is 18.2 Å². The van der Waals surface area contributed by atoms with Crippen LogP contribution in [0.25, 0.3) is 0 Å². The summed E-state index contributed by atoms with van der Waals surface area (Å²) in [4.78, 5) is 16.1. The number of nitrogens with two attached hydrogens (primary N) is 1. The highest BCUT2D eigenvalue weighted by molar-refractivity contribution is 7.17. The fourth-order valence-electron chi connectivity index (χ4n) is 1.47. The molecule has 0 saturated carbocycles. The van der Waals surface area contributed by atoms with Crippen LogP contribution >= 0.6 is 22.9 Å². The van der Waals surface area contributed by atoms with E-state index in [-0.39, 0.29) is 10.6 Å². The van der Waals surface area contributed by atoms with Crippen LogP contribution in [0, 0.1) is 12.7 Å². The van der Waals surface area contributed by atoms with E-state index in [0.29, 0.717) is 15.7 Å². The summed E-state index contributed by atoms with van der Waals surface area (Å²) in [5, 5.41) is 4.19. The average molecular weight is 313 g/mol. The lowest BCUT2D eigenvalue weighted by molar-refractivity contribution is 0.0958. The number of thiazole rings is 1. The summed E-state index contributed by atoms with van der Waals surface area (Å²) in [6, 6.07) is 4.27. The lowest BCUT2D eigenvalue weighted by Gasteiger charge is -2.00. The van der Waals surface area contributed by atoms with Crippen molar-refractivity contribution in [2.24, 2.45) is 5.10 Å². The molecule has 104 valence electrons. The van der Waals surface area contributed by atoms with Crippen molar-refractivity contribution in [2.45, 2.75) is 6.92 Å². The largest absolute Gasteiger partial charge is 0.375 e. The molecule has 20 heavy (non-hydrogen) atoms. The van der Waals surface area contributed by atoms with E-state index >= 15 is 0 Å². The van der Waals surface area contributed by atoms with Crippen molar-refractivity contribution in [3.8, 4) is 0 Å². The molecule has 2 rings (SSSR count). The monoisotopic (exact) mass is 312 g/mol. The fraction of sp³-hybridized carbons (Fsp3) is 0.0833. The van der Waals surface area contributed by atoms with Crippen LogP contribution in [0.15, 0.2) is 23.3 Å². The van der Waals surface area contributed by atoms with Gasteiger partial charge in [-0.05, 0) is 19.1 Å². The minimum Gasteiger partial charge on any atom is -0.375 e. The smallest absolute Gasteiger partial charge is 0.283 e. The number of carbonyl (C=O) groups excluding carboxylic acids is 1. The van der Waals surface area contributed by atoms with Crippen molar-refractivity contribution in [2.75, 3.05) is 5.73 Å². The molecule has 0 radical (unpaired) electrons. The van der Waals surface area contributed by atoms with E-state index in [2.05, 4.69) is 15.5 Å². The van der Waals surface area contributed by atoms with Crippen LogP contribution in [0.3, 0.4) is 0 Å². The molecule has 0 fully saturated rings. The molecule has 0 aliphatic rings. The predicted molar refractivity (Wildman–Crippen MR) is 77.7 cm³/mol. The molecule has 2 aromatic rings. The molecule has 0 saturated heterocycles. The molecule has 1 heterocycles. The highest BCUT2D eigenvalue weighted by Crippen LogP contribution is 2.19. The van der Waals surface area contributed by atoms with Crippen molar-refractivity contribution >= 4 is 40.2 Å². The molecule has 0 unspecified atom stereocenters. The van der Waals surface area contributed by atoms with E-state index in [1.54, 1.807) is 6.92 Å². The zero-order valence-electron chi connectivity index (χ0n) is 10.4. The van der Waals surface area contributed by atoms with Crippen LogP contribution in [0.1, 0.15) is 20.9 Å². The van der Waals surface area contributed by atoms with Crippen molar-refractivity contribution < 1.29 is 9.18 Å². The highest BCUT2D eigenvalue weighted by atomic mass is 35.5. The van der Waals surface area contributed by atoms with Gasteiger partial charge in [0.05, 0.1) is 16.9 Å². The Hall–Kier alpha value is -1.99. The van der Waals surface area contributed by atoms with Gasteiger partial charge < -0.3 is 5.73 Å². The lowest BCUT2D eigenvalue weighted by atomic mass is 10.2. The Morgan fingerprint density at radius 1 is 1.60 bits per heavy atom. The molecule has 0 bridgehead atoms. The molecule has 1 aromatic heterocycles. The van der Waals surface area contributed by atoms with Crippen LogP contribution < -0.4 is 11.2 Å². The van der Waals surface area contributed by atoms with E-state index in [1.807, 2.05) is 0 Å². The number of nitrogens with one attached hydrogen (secondary N) is 1. The third kappa shape index (κ3) is 3.12. The number of aryl methyl sites for hydroxylation is 1. The molecule has 0 spiro atoms. The molecule has 1 amide bonds. The third-order valence-electron chi connectivity index (χ3n) is 2.38. The van der Waals surface area contributed by atoms with Gasteiger partial charge >= 0.3 is 0 Å². The van der Waals surface area contributed by atoms with Gasteiger partial charge in [0.2, 0.25) is 0 Å². The molecule has 5 nitrogen and oxygen atoms in total. The van der Waals surface area contributed by atoms with Crippen LogP contribution in [0.4, 0.5) is 9.52 Å². The maximum Gasteiger partial charge on any atom is 0.283 e. The first-order valence-corrected chi connectivity index (χ1v) is 6.69. The van der Waals surface area contributed by atoms with E-state index in [9.17, 15) is 9.18 Å². The van der Waals surface area contributed by atoms with E-state index in [4.69, 9.17) is 17.3 Å². The molecule has 1 aromatic carbocycles. The normalized spacial score (nSPS) is 10.9. The van der Waals surface area contributed by atoms with Crippen molar-refractivity contribution in [1.82, 2.24) is 10.4 Å². The average Bonchev–Trinajstić information content (AvgIpc) is 2.72. The first-order valence-electron chi connectivity index (χ1n) is 5.49. The Morgan fingerprint density at radius 3 is 2.95 bits per heavy atom. The van der Waals surface area contributed by atoms with Gasteiger partial charge in [-0.2, -0.15) is 5.10 Å². The third-order valence-corrected chi connectivity index (χ3v) is 3.69. The molecular formula is C12H10ClFN4OS. The minimum atomic E-state index is -0.520. The summed E-state index contributed by atoms with van der Waals surface area (Å²) >= 11 is 6.88. The standard InChI is InChI=1S/C12H10ClFN4OS/c1-6-10(20-12(15)17-6)11(19)18-16-5-7-8(13)3-2-4-9(7)14/h2-5H,1H3,(H2,15,17)(H,18,19). The Morgan fingerprint density at radius 2 is 2.35 bits per heavy atom. The summed E-state index contributed by atoms with van der Waals surface area (Å²) in [6.07, 6.45) is 1.15. The number of hydrazone groups is 1. The number of anilines is 1. The topological polar surface area (TPSA) is 80.4 Å². The number of amides is 1. The molecule has 0 aliphatic carbocycles. The van der Waals surface area contributed by atoms with Crippen LogP contribution in [0.2, 0.25) is 5.02 Å². The van der Waals surface area contributed by atoms with Crippen LogP contribution in [0.5, 0.6) is 0 Å². The summed E-state index contributed by atoms with van der Waals surface area (Å²) in [5.41, 5.74) is 8.40. The number of benzene rings is 1. The van der Waals surface area contributed by atoms with Gasteiger partial charge in [-0.15, -0.1) is 0 Å². The number of halogens is 2. The number of hydrogen-bond donors (Lipinski definition) is 2. The molecule has 0 aliphatic heterocycles. The van der Waals surface area contributed by atoms with E-state index in [0.717, 1.165) is 17.6 Å². The summed E-state index contributed by atoms with van der Waals surface area (Å²) in [6.45, 7) is 1.67. The van der Waals surface area contributed by atoms with Gasteiger partial charge in [-0.1, -0.05) is 29.0 Å². The Labute approximate surface area is 123 Å². The fourth-order valence-corrected chi connectivity index (χ4v) is 2.40. The van der Waals surface area contributed by atoms with Crippen molar-refractivity contribution in [3.05, 3.63) is 45.2 Å². The second-order valence-electron chi connectivity index (χ2n) is 3.80. The zero-order chi connectivity index (χ0) is 14.7. The van der Waals surface area contributed by atoms with Crippen LogP contribution in [-0.2, 0) is 0 Å². The summed E-state index contributed by atoms with van der Waals surface area (Å²) in [7, 11) is 0. The number of carbonyl (C=O) groups is 1. The number of hydrogen-bond acceptors (Lipinski definition) is 5. The maximum atomic E-state index is 13.5. The number of nitrogen functional groups attached to an aromatic ring is 1. The molecule has 8 heteroatoms. The van der Waals surface area contributed by atoms with Gasteiger partial charge in [-0.25, -0.2) is 14.8 Å². The van der Waals surface area contributed by atoms with E-state index < -0.39 is 11.7 Å². The van der Waals surface area contributed by atoms with Crippen molar-refractivity contribution in [3.63, 3.8) is 0 Å². The Bertz CT molecular complexity index is 666. The highest BCUT2D eigenvalue weighted by Gasteiger charge is 2.13. The number of aromatic nitrogens is 1. The van der Waals surface area contributed by atoms with Crippen LogP contribution in [-0.4, -0.2) is 17.1 Å². The van der Waals surface area contributed by atoms with Gasteiger partial charge in [0, 0.05) is 5.56 Å². The zero-order valence-corrected chi connectivity index (χ0v) is 11.9. The SMILES string of the molecule is Cc1nc(N)sc1C(=O)NN=Cc1c(F)cccc1Cl. The van der Waals surface area contributed by atoms with Gasteiger partial charge in [0.1, 0.15) is 10.7 Å². The molecular weight excluding hydrogens is 303 g/mol. The number of nitrogens with zero attached hydrogens (tertiary/aromatic N) is 2. The number of rotatable bonds is 3. The Balaban J connectivity index is 2.11. The van der Waals surface area contributed by atoms with Gasteiger partial charge in [-0.3, -0.25) is 4.79 Å². The summed E-state index contributed by atoms with van der Waals surface area (Å²) < 4.78 is 13.5. The Kier molecular flexibility index (Phi) is 4.31. The maximum absolute atomic E-state index is 13.5. The van der Waals surface area contributed by atoms with Crippen molar-refractivity contribution in [1.29, 1.82) is 0 Å². The quantitative estimate of drug-likeness (QED) is 0.675. The second-order valence-corrected chi connectivity index (χ2v) is 5.24. The second kappa shape index (κ2) is 5.98. The summed E-state index contributed by atoms with van der Waals surface area (Å²) in [5.74, 6) is -0.978. The predicted octanol–water partition coefficient (Wildman–Crippen LogP) is 2.59. The molecule has 0 atom stereocenters. The van der Waals surface area contributed by atoms with Gasteiger partial charge in [0.15, 0.2) is 5.13 Å². The lowest BCUT2D eigenvalue weighted by Crippen LogP contribution is -2.17. The van der Waals surface area contributed by atoms with Gasteiger partial charge in [0.25, 0.3) is 5.91 Å².